The molecule has 0 amide bonds. The lowest BCUT2D eigenvalue weighted by molar-refractivity contribution is 0.111. The molecule has 120 valence electrons. The topological polar surface area (TPSA) is 52.9 Å². The average molecular weight is 328 g/mol. The van der Waals surface area contributed by atoms with Gasteiger partial charge in [-0.05, 0) is 12.1 Å². The van der Waals surface area contributed by atoms with E-state index in [1.807, 2.05) is 0 Å². The second-order valence-corrected chi connectivity index (χ2v) is 4.08. The molecule has 2 aromatic carbocycles. The third-order valence-corrected chi connectivity index (χ3v) is 2.61. The maximum Gasteiger partial charge on any atom is 0.161 e. The first kappa shape index (κ1) is 18.1. The van der Waals surface area contributed by atoms with Crippen LogP contribution in [0.2, 0.25) is 0 Å². The fourth-order valence-electron chi connectivity index (χ4n) is 1.45. The molecule has 8 heteroatoms. The van der Waals surface area contributed by atoms with E-state index < -0.39 is 34.6 Å². The van der Waals surface area contributed by atoms with Crippen molar-refractivity contribution in [2.75, 3.05) is 12.4 Å². The number of anilines is 1. The smallest absolute Gasteiger partial charge is 0.161 e. The number of nitriles is 1. The average Bonchev–Trinajstić information content (AvgIpc) is 2.53. The fraction of sp³-hybridized carbons (Fsp3) is 0.0667. The molecule has 0 atom stereocenters. The Labute approximate surface area is 128 Å². The fourth-order valence-corrected chi connectivity index (χ4v) is 1.45. The maximum absolute atomic E-state index is 12.8. The van der Waals surface area contributed by atoms with E-state index in [4.69, 9.17) is 5.26 Å². The Morgan fingerprint density at radius 1 is 0.913 bits per heavy atom. The van der Waals surface area contributed by atoms with Crippen molar-refractivity contribution >= 4 is 12.0 Å². The highest BCUT2D eigenvalue weighted by atomic mass is 19.2. The Balaban J connectivity index is 0.000000231. The van der Waals surface area contributed by atoms with Gasteiger partial charge in [0.05, 0.1) is 16.8 Å². The lowest BCUT2D eigenvalue weighted by atomic mass is 10.2. The first-order valence-electron chi connectivity index (χ1n) is 6.00. The largest absolute Gasteiger partial charge is 0.386 e. The van der Waals surface area contributed by atoms with E-state index in [9.17, 15) is 26.7 Å². The molecule has 0 fully saturated rings. The van der Waals surface area contributed by atoms with Crippen LogP contribution in [0.15, 0.2) is 24.3 Å². The summed E-state index contributed by atoms with van der Waals surface area (Å²) >= 11 is 0. The van der Waals surface area contributed by atoms with Crippen LogP contribution in [0.1, 0.15) is 15.9 Å². The highest BCUT2D eigenvalue weighted by Gasteiger charge is 2.08. The van der Waals surface area contributed by atoms with Gasteiger partial charge >= 0.3 is 0 Å². The Morgan fingerprint density at radius 3 is 2.04 bits per heavy atom. The number of halogens is 5. The molecule has 0 saturated heterocycles. The van der Waals surface area contributed by atoms with Crippen molar-refractivity contribution in [3.63, 3.8) is 0 Å². The summed E-state index contributed by atoms with van der Waals surface area (Å²) in [4.78, 5) is 10.2. The van der Waals surface area contributed by atoms with Gasteiger partial charge in [-0.3, -0.25) is 4.79 Å². The van der Waals surface area contributed by atoms with Crippen molar-refractivity contribution in [2.24, 2.45) is 0 Å². The third kappa shape index (κ3) is 4.51. The van der Waals surface area contributed by atoms with Crippen LogP contribution >= 0.6 is 0 Å². The first-order valence-corrected chi connectivity index (χ1v) is 6.00. The van der Waals surface area contributed by atoms with E-state index >= 15 is 0 Å². The number of rotatable bonds is 2. The Bertz CT molecular complexity index is 771. The Hall–Kier alpha value is -2.95. The molecule has 0 bridgehead atoms. The number of nitrogens with zero attached hydrogens (tertiary/aromatic N) is 1. The molecule has 23 heavy (non-hydrogen) atoms. The van der Waals surface area contributed by atoms with Gasteiger partial charge in [0, 0.05) is 19.2 Å². The summed E-state index contributed by atoms with van der Waals surface area (Å²) in [5, 5.41) is 10.6. The van der Waals surface area contributed by atoms with Gasteiger partial charge in [-0.25, -0.2) is 22.0 Å². The molecule has 0 aliphatic carbocycles. The van der Waals surface area contributed by atoms with Crippen molar-refractivity contribution in [2.45, 2.75) is 0 Å². The van der Waals surface area contributed by atoms with Crippen molar-refractivity contribution in [3.05, 3.63) is 64.5 Å². The van der Waals surface area contributed by atoms with E-state index in [1.54, 1.807) is 0 Å². The zero-order chi connectivity index (χ0) is 17.6. The summed E-state index contributed by atoms with van der Waals surface area (Å²) in [6.07, 6.45) is 0.276. The molecule has 0 heterocycles. The lowest BCUT2D eigenvalue weighted by Crippen LogP contribution is -1.97. The molecule has 3 nitrogen and oxygen atoms in total. The Morgan fingerprint density at radius 2 is 1.52 bits per heavy atom. The number of carbonyl (C=O) groups is 1. The summed E-state index contributed by atoms with van der Waals surface area (Å²) in [5.41, 5.74) is -0.728. The van der Waals surface area contributed by atoms with Crippen molar-refractivity contribution < 1.29 is 26.7 Å². The van der Waals surface area contributed by atoms with E-state index in [2.05, 4.69) is 5.32 Å². The molecule has 0 aromatic heterocycles. The Kier molecular flexibility index (Phi) is 6.21. The van der Waals surface area contributed by atoms with Crippen molar-refractivity contribution in [1.29, 1.82) is 5.26 Å². The summed E-state index contributed by atoms with van der Waals surface area (Å²) in [7, 11) is 1.47. The second kappa shape index (κ2) is 7.89. The number of benzene rings is 2. The minimum absolute atomic E-state index is 0.0399. The van der Waals surface area contributed by atoms with E-state index in [1.165, 1.54) is 13.1 Å². The molecule has 0 aliphatic heterocycles. The number of hydrogen-bond donors (Lipinski definition) is 1. The van der Waals surface area contributed by atoms with Gasteiger partial charge in [0.1, 0.15) is 23.5 Å². The van der Waals surface area contributed by atoms with E-state index in [0.717, 1.165) is 12.1 Å². The van der Waals surface area contributed by atoms with Crippen LogP contribution in [0, 0.1) is 40.4 Å². The highest BCUT2D eigenvalue weighted by molar-refractivity contribution is 5.76. The lowest BCUT2D eigenvalue weighted by Gasteiger charge is -2.02. The molecule has 0 aliphatic rings. The summed E-state index contributed by atoms with van der Waals surface area (Å²) < 4.78 is 62.4. The standard InChI is InChI=1S/C8H7F2NO.C7H2F3N/c1-11-8-3-6(9)5(4-12)2-7(8)10;8-5-2-7(10)6(9)1-4(5)3-11/h2-4,11H,1H3;1-2H. The number of nitrogens with one attached hydrogen (secondary N) is 1. The summed E-state index contributed by atoms with van der Waals surface area (Å²) in [6.45, 7) is 0. The van der Waals surface area contributed by atoms with Crippen LogP contribution in [0.4, 0.5) is 27.6 Å². The number of aldehydes is 1. The molecule has 2 aromatic rings. The minimum atomic E-state index is -1.29. The summed E-state index contributed by atoms with van der Waals surface area (Å²) in [5.74, 6) is -4.92. The van der Waals surface area contributed by atoms with Crippen LogP contribution < -0.4 is 5.32 Å². The second-order valence-electron chi connectivity index (χ2n) is 4.08. The molecule has 1 N–H and O–H groups in total. The third-order valence-electron chi connectivity index (χ3n) is 2.61. The van der Waals surface area contributed by atoms with Crippen molar-refractivity contribution in [3.8, 4) is 6.07 Å². The molecule has 0 saturated carbocycles. The molecular weight excluding hydrogens is 319 g/mol. The quantitative estimate of drug-likeness (QED) is 0.518. The number of hydrogen-bond acceptors (Lipinski definition) is 3. The van der Waals surface area contributed by atoms with Crippen LogP contribution in [-0.2, 0) is 0 Å². The monoisotopic (exact) mass is 328 g/mol. The van der Waals surface area contributed by atoms with Gasteiger partial charge in [0.2, 0.25) is 0 Å². The molecular formula is C15H9F5N2O. The van der Waals surface area contributed by atoms with Gasteiger partial charge in [0.15, 0.2) is 17.9 Å². The van der Waals surface area contributed by atoms with Gasteiger partial charge in [-0.1, -0.05) is 0 Å². The predicted octanol–water partition coefficient (Wildman–Crippen LogP) is 3.79. The van der Waals surface area contributed by atoms with Crippen LogP contribution in [0.5, 0.6) is 0 Å². The zero-order valence-electron chi connectivity index (χ0n) is 11.6. The van der Waals surface area contributed by atoms with Crippen LogP contribution in [0.25, 0.3) is 0 Å². The normalized spacial score (nSPS) is 9.43. The maximum atomic E-state index is 12.8. The first-order chi connectivity index (χ1) is 10.8. The predicted molar refractivity (Wildman–Crippen MR) is 72.3 cm³/mol. The highest BCUT2D eigenvalue weighted by Crippen LogP contribution is 2.17. The molecule has 0 spiro atoms. The molecule has 2 rings (SSSR count). The van der Waals surface area contributed by atoms with Crippen LogP contribution in [0.3, 0.4) is 0 Å². The van der Waals surface area contributed by atoms with Gasteiger partial charge in [-0.15, -0.1) is 0 Å². The van der Waals surface area contributed by atoms with Crippen LogP contribution in [-0.4, -0.2) is 13.3 Å². The molecule has 0 unspecified atom stereocenters. The van der Waals surface area contributed by atoms with E-state index in [0.29, 0.717) is 12.1 Å². The summed E-state index contributed by atoms with van der Waals surface area (Å²) in [6, 6.07) is 4.04. The minimum Gasteiger partial charge on any atom is -0.386 e. The number of carbonyl (C=O) groups excluding carboxylic acids is 1. The van der Waals surface area contributed by atoms with Gasteiger partial charge in [0.25, 0.3) is 0 Å². The van der Waals surface area contributed by atoms with Crippen molar-refractivity contribution in [1.82, 2.24) is 0 Å². The zero-order valence-corrected chi connectivity index (χ0v) is 11.6. The van der Waals surface area contributed by atoms with Gasteiger partial charge < -0.3 is 5.32 Å². The SMILES string of the molecule is CNc1cc(F)c(C=O)cc1F.N#Cc1cc(F)c(F)cc1F. The van der Waals surface area contributed by atoms with Gasteiger partial charge in [-0.2, -0.15) is 5.26 Å². The van der Waals surface area contributed by atoms with E-state index in [-0.39, 0.29) is 17.5 Å². The molecule has 0 radical (unpaired) electrons.